The molecule has 156 valence electrons. The highest BCUT2D eigenvalue weighted by atomic mass is 32.2. The maximum Gasteiger partial charge on any atom is 0.264 e. The number of methoxy groups -OCH3 is 1. The molecule has 1 amide bonds. The Morgan fingerprint density at radius 2 is 1.67 bits per heavy atom. The summed E-state index contributed by atoms with van der Waals surface area (Å²) in [5, 5.41) is 2.69. The van der Waals surface area contributed by atoms with Crippen LogP contribution in [0.15, 0.2) is 83.8 Å². The molecule has 0 atom stereocenters. The van der Waals surface area contributed by atoms with Crippen LogP contribution in [0.1, 0.15) is 22.8 Å². The van der Waals surface area contributed by atoms with Crippen LogP contribution in [0.4, 0.5) is 5.69 Å². The topological polar surface area (TPSA) is 75.7 Å². The Morgan fingerprint density at radius 3 is 2.30 bits per heavy atom. The molecular formula is C23H24N2O4S. The lowest BCUT2D eigenvalue weighted by atomic mass is 10.2. The van der Waals surface area contributed by atoms with E-state index in [0.717, 1.165) is 5.56 Å². The van der Waals surface area contributed by atoms with Crippen LogP contribution in [-0.2, 0) is 16.6 Å². The molecule has 0 saturated carbocycles. The average Bonchev–Trinajstić information content (AvgIpc) is 2.78. The summed E-state index contributed by atoms with van der Waals surface area (Å²) >= 11 is 0. The molecule has 0 bridgehead atoms. The molecular weight excluding hydrogens is 400 g/mol. The third-order valence-electron chi connectivity index (χ3n) is 4.55. The number of benzene rings is 3. The third-order valence-corrected chi connectivity index (χ3v) is 6.32. The van der Waals surface area contributed by atoms with Gasteiger partial charge in [0.15, 0.2) is 0 Å². The molecule has 0 aliphatic rings. The van der Waals surface area contributed by atoms with Gasteiger partial charge in [-0.3, -0.25) is 9.10 Å². The van der Waals surface area contributed by atoms with Crippen molar-refractivity contribution in [2.24, 2.45) is 0 Å². The van der Waals surface area contributed by atoms with E-state index in [1.54, 1.807) is 43.5 Å². The minimum Gasteiger partial charge on any atom is -0.497 e. The van der Waals surface area contributed by atoms with E-state index in [1.807, 2.05) is 37.3 Å². The van der Waals surface area contributed by atoms with Gasteiger partial charge in [-0.15, -0.1) is 0 Å². The van der Waals surface area contributed by atoms with E-state index < -0.39 is 10.0 Å². The SMILES string of the molecule is CCNC(=O)c1cccc(S(=O)(=O)N(Cc2ccccc2)c2ccc(OC)cc2)c1. The maximum absolute atomic E-state index is 13.6. The molecule has 0 saturated heterocycles. The fourth-order valence-corrected chi connectivity index (χ4v) is 4.50. The molecule has 7 heteroatoms. The monoisotopic (exact) mass is 424 g/mol. The van der Waals surface area contributed by atoms with E-state index in [0.29, 0.717) is 23.5 Å². The summed E-state index contributed by atoms with van der Waals surface area (Å²) in [4.78, 5) is 12.2. The van der Waals surface area contributed by atoms with Gasteiger partial charge in [-0.2, -0.15) is 0 Å². The van der Waals surface area contributed by atoms with Gasteiger partial charge in [0, 0.05) is 12.1 Å². The van der Waals surface area contributed by atoms with Crippen LogP contribution in [0.5, 0.6) is 5.75 Å². The summed E-state index contributed by atoms with van der Waals surface area (Å²) in [6.45, 7) is 2.42. The summed E-state index contributed by atoms with van der Waals surface area (Å²) < 4.78 is 33.7. The first-order valence-corrected chi connectivity index (χ1v) is 11.0. The highest BCUT2D eigenvalue weighted by molar-refractivity contribution is 7.92. The number of anilines is 1. The molecule has 0 heterocycles. The van der Waals surface area contributed by atoms with Gasteiger partial charge >= 0.3 is 0 Å². The van der Waals surface area contributed by atoms with Crippen molar-refractivity contribution in [1.82, 2.24) is 5.32 Å². The molecule has 3 aromatic carbocycles. The standard InChI is InChI=1S/C23H24N2O4S/c1-3-24-23(26)19-10-7-11-22(16-19)30(27,28)25(17-18-8-5-4-6-9-18)20-12-14-21(29-2)15-13-20/h4-16H,3,17H2,1-2H3,(H,24,26). The number of sulfonamides is 1. The summed E-state index contributed by atoms with van der Waals surface area (Å²) in [5.41, 5.74) is 1.65. The first-order chi connectivity index (χ1) is 14.5. The molecule has 3 rings (SSSR count). The second-order valence-electron chi connectivity index (χ2n) is 6.58. The van der Waals surface area contributed by atoms with Crippen molar-refractivity contribution in [2.75, 3.05) is 18.0 Å². The predicted molar refractivity (Wildman–Crippen MR) is 117 cm³/mol. The lowest BCUT2D eigenvalue weighted by Crippen LogP contribution is -2.31. The minimum absolute atomic E-state index is 0.0537. The van der Waals surface area contributed by atoms with Crippen LogP contribution in [0.3, 0.4) is 0 Å². The molecule has 3 aromatic rings. The number of hydrogen-bond donors (Lipinski definition) is 1. The average molecular weight is 425 g/mol. The van der Waals surface area contributed by atoms with Crippen molar-refractivity contribution in [3.63, 3.8) is 0 Å². The summed E-state index contributed by atoms with van der Waals surface area (Å²) in [7, 11) is -2.37. The van der Waals surface area contributed by atoms with Crippen LogP contribution in [0.25, 0.3) is 0 Å². The van der Waals surface area contributed by atoms with Crippen molar-refractivity contribution in [1.29, 1.82) is 0 Å². The lowest BCUT2D eigenvalue weighted by Gasteiger charge is -2.25. The molecule has 30 heavy (non-hydrogen) atoms. The molecule has 0 aliphatic carbocycles. The minimum atomic E-state index is -3.93. The van der Waals surface area contributed by atoms with Crippen molar-refractivity contribution >= 4 is 21.6 Å². The maximum atomic E-state index is 13.6. The van der Waals surface area contributed by atoms with Crippen LogP contribution in [-0.4, -0.2) is 28.0 Å². The van der Waals surface area contributed by atoms with E-state index >= 15 is 0 Å². The zero-order valence-corrected chi connectivity index (χ0v) is 17.7. The number of amides is 1. The number of nitrogens with zero attached hydrogens (tertiary/aromatic N) is 1. The predicted octanol–water partition coefficient (Wildman–Crippen LogP) is 3.84. The smallest absolute Gasteiger partial charge is 0.264 e. The number of nitrogens with one attached hydrogen (secondary N) is 1. The first-order valence-electron chi connectivity index (χ1n) is 9.54. The van der Waals surface area contributed by atoms with Crippen LogP contribution < -0.4 is 14.4 Å². The molecule has 0 aromatic heterocycles. The van der Waals surface area contributed by atoms with E-state index in [-0.39, 0.29) is 17.3 Å². The highest BCUT2D eigenvalue weighted by Gasteiger charge is 2.26. The van der Waals surface area contributed by atoms with Gasteiger partial charge in [0.2, 0.25) is 0 Å². The lowest BCUT2D eigenvalue weighted by molar-refractivity contribution is 0.0955. The number of ether oxygens (including phenoxy) is 1. The number of hydrogen-bond acceptors (Lipinski definition) is 4. The van der Waals surface area contributed by atoms with Gasteiger partial charge in [-0.25, -0.2) is 8.42 Å². The zero-order valence-electron chi connectivity index (χ0n) is 16.9. The Kier molecular flexibility index (Phi) is 6.74. The second-order valence-corrected chi connectivity index (χ2v) is 8.44. The van der Waals surface area contributed by atoms with Crippen molar-refractivity contribution in [3.05, 3.63) is 90.0 Å². The van der Waals surface area contributed by atoms with Crippen molar-refractivity contribution < 1.29 is 17.9 Å². The number of rotatable bonds is 8. The Hall–Kier alpha value is -3.32. The van der Waals surface area contributed by atoms with Gasteiger partial charge in [-0.05, 0) is 55.0 Å². The van der Waals surface area contributed by atoms with Gasteiger partial charge < -0.3 is 10.1 Å². The fourth-order valence-electron chi connectivity index (χ4n) is 3.00. The van der Waals surface area contributed by atoms with Crippen molar-refractivity contribution in [2.45, 2.75) is 18.4 Å². The van der Waals surface area contributed by atoms with E-state index in [2.05, 4.69) is 5.32 Å². The third kappa shape index (κ3) is 4.80. The largest absolute Gasteiger partial charge is 0.497 e. The molecule has 6 nitrogen and oxygen atoms in total. The Morgan fingerprint density at radius 1 is 0.967 bits per heavy atom. The van der Waals surface area contributed by atoms with Gasteiger partial charge in [0.05, 0.1) is 24.2 Å². The number of carbonyl (C=O) groups is 1. The highest BCUT2D eigenvalue weighted by Crippen LogP contribution is 2.28. The summed E-state index contributed by atoms with van der Waals surface area (Å²) in [5.74, 6) is 0.322. The quantitative estimate of drug-likeness (QED) is 0.596. The zero-order chi connectivity index (χ0) is 21.6. The summed E-state index contributed by atoms with van der Waals surface area (Å²) in [6, 6.07) is 22.3. The Bertz CT molecular complexity index is 1100. The molecule has 0 unspecified atom stereocenters. The number of carbonyl (C=O) groups excluding carboxylic acids is 1. The van der Waals surface area contributed by atoms with Crippen molar-refractivity contribution in [3.8, 4) is 5.75 Å². The Balaban J connectivity index is 2.05. The fraction of sp³-hybridized carbons (Fsp3) is 0.174. The summed E-state index contributed by atoms with van der Waals surface area (Å²) in [6.07, 6.45) is 0. The van der Waals surface area contributed by atoms with E-state index in [4.69, 9.17) is 4.74 Å². The normalized spacial score (nSPS) is 11.0. The molecule has 0 radical (unpaired) electrons. The van der Waals surface area contributed by atoms with Gasteiger partial charge in [-0.1, -0.05) is 36.4 Å². The van der Waals surface area contributed by atoms with Crippen LogP contribution in [0, 0.1) is 0 Å². The van der Waals surface area contributed by atoms with E-state index in [1.165, 1.54) is 16.4 Å². The Labute approximate surface area is 177 Å². The van der Waals surface area contributed by atoms with Crippen LogP contribution in [0.2, 0.25) is 0 Å². The molecule has 0 spiro atoms. The molecule has 1 N–H and O–H groups in total. The van der Waals surface area contributed by atoms with E-state index in [9.17, 15) is 13.2 Å². The molecule has 0 fully saturated rings. The first kappa shape index (κ1) is 21.4. The van der Waals surface area contributed by atoms with Crippen LogP contribution >= 0.6 is 0 Å². The second kappa shape index (κ2) is 9.45. The molecule has 0 aliphatic heterocycles. The van der Waals surface area contributed by atoms with Gasteiger partial charge in [0.1, 0.15) is 5.75 Å². The van der Waals surface area contributed by atoms with Gasteiger partial charge in [0.25, 0.3) is 15.9 Å².